The van der Waals surface area contributed by atoms with Crippen LogP contribution in [0, 0.1) is 6.92 Å². The van der Waals surface area contributed by atoms with Gasteiger partial charge in [-0.25, -0.2) is 9.78 Å². The van der Waals surface area contributed by atoms with E-state index in [0.717, 1.165) is 10.0 Å². The highest BCUT2D eigenvalue weighted by Crippen LogP contribution is 2.21. The fourth-order valence-electron chi connectivity index (χ4n) is 1.17. The van der Waals surface area contributed by atoms with Crippen LogP contribution in [0.5, 0.6) is 0 Å². The quantitative estimate of drug-likeness (QED) is 0.864. The summed E-state index contributed by atoms with van der Waals surface area (Å²) in [5.41, 5.74) is 1.06. The number of ether oxygens (including phenoxy) is 1. The molecule has 1 heterocycles. The molecule has 1 N–H and O–H groups in total. The molecule has 0 aliphatic rings. The molecule has 0 aromatic carbocycles. The fraction of sp³-hybridized carbons (Fsp3) is 0.455. The predicted octanol–water partition coefficient (Wildman–Crippen LogP) is 2.52. The number of rotatable bonds is 4. The lowest BCUT2D eigenvalue weighted by atomic mass is 10.3. The van der Waals surface area contributed by atoms with Gasteiger partial charge in [-0.15, -0.1) is 0 Å². The van der Waals surface area contributed by atoms with Crippen LogP contribution >= 0.6 is 15.9 Å². The van der Waals surface area contributed by atoms with Crippen molar-refractivity contribution in [3.05, 3.63) is 22.3 Å². The van der Waals surface area contributed by atoms with Crippen molar-refractivity contribution in [1.29, 1.82) is 0 Å². The molecule has 88 valence electrons. The van der Waals surface area contributed by atoms with Gasteiger partial charge >= 0.3 is 5.97 Å². The van der Waals surface area contributed by atoms with Crippen molar-refractivity contribution in [3.63, 3.8) is 0 Å². The van der Waals surface area contributed by atoms with E-state index < -0.39 is 6.04 Å². The van der Waals surface area contributed by atoms with Crippen molar-refractivity contribution in [2.45, 2.75) is 26.8 Å². The van der Waals surface area contributed by atoms with E-state index in [4.69, 9.17) is 4.74 Å². The summed E-state index contributed by atoms with van der Waals surface area (Å²) >= 11 is 3.39. The smallest absolute Gasteiger partial charge is 0.328 e. The van der Waals surface area contributed by atoms with Gasteiger partial charge in [-0.3, -0.25) is 0 Å². The average molecular weight is 287 g/mol. The van der Waals surface area contributed by atoms with Gasteiger partial charge in [0.1, 0.15) is 11.9 Å². The second kappa shape index (κ2) is 5.84. The lowest BCUT2D eigenvalue weighted by molar-refractivity contribution is -0.143. The molecule has 1 rings (SSSR count). The van der Waals surface area contributed by atoms with Crippen molar-refractivity contribution in [2.24, 2.45) is 0 Å². The number of nitrogens with one attached hydrogen (secondary N) is 1. The number of carbonyl (C=O) groups is 1. The average Bonchev–Trinajstić information content (AvgIpc) is 2.22. The van der Waals surface area contributed by atoms with E-state index in [1.165, 1.54) is 0 Å². The Bertz CT molecular complexity index is 382. The van der Waals surface area contributed by atoms with Crippen molar-refractivity contribution in [1.82, 2.24) is 4.98 Å². The topological polar surface area (TPSA) is 51.2 Å². The van der Waals surface area contributed by atoms with Crippen molar-refractivity contribution in [3.8, 4) is 0 Å². The molecule has 5 heteroatoms. The first-order chi connectivity index (χ1) is 7.54. The van der Waals surface area contributed by atoms with Crippen LogP contribution in [0.4, 0.5) is 5.82 Å². The van der Waals surface area contributed by atoms with E-state index in [1.54, 1.807) is 20.0 Å². The Kier molecular flexibility index (Phi) is 4.73. The minimum absolute atomic E-state index is 0.281. The lowest BCUT2D eigenvalue weighted by Crippen LogP contribution is -2.28. The molecule has 1 aromatic rings. The van der Waals surface area contributed by atoms with Gasteiger partial charge in [-0.1, -0.05) is 0 Å². The van der Waals surface area contributed by atoms with Gasteiger partial charge in [0.15, 0.2) is 0 Å². The molecule has 0 bridgehead atoms. The second-order valence-electron chi connectivity index (χ2n) is 3.46. The highest BCUT2D eigenvalue weighted by atomic mass is 79.9. The van der Waals surface area contributed by atoms with Gasteiger partial charge in [0.05, 0.1) is 11.1 Å². The number of pyridine rings is 1. The molecule has 0 aliphatic carbocycles. The fourth-order valence-corrected chi connectivity index (χ4v) is 1.75. The molecule has 4 nitrogen and oxygen atoms in total. The maximum atomic E-state index is 11.4. The number of aromatic nitrogens is 1. The van der Waals surface area contributed by atoms with Gasteiger partial charge in [-0.05, 0) is 48.3 Å². The van der Waals surface area contributed by atoms with Crippen LogP contribution in [0.2, 0.25) is 0 Å². The minimum atomic E-state index is -0.411. The van der Waals surface area contributed by atoms with Crippen LogP contribution in [0.25, 0.3) is 0 Å². The third-order valence-corrected chi connectivity index (χ3v) is 2.58. The van der Waals surface area contributed by atoms with Gasteiger partial charge in [-0.2, -0.15) is 0 Å². The van der Waals surface area contributed by atoms with E-state index in [0.29, 0.717) is 12.4 Å². The van der Waals surface area contributed by atoms with E-state index in [1.807, 2.05) is 13.0 Å². The summed E-state index contributed by atoms with van der Waals surface area (Å²) in [6, 6.07) is 1.53. The Balaban J connectivity index is 2.69. The molecule has 1 unspecified atom stereocenters. The number of anilines is 1. The van der Waals surface area contributed by atoms with Gasteiger partial charge in [0.2, 0.25) is 0 Å². The molecular weight excluding hydrogens is 272 g/mol. The number of carbonyl (C=O) groups excluding carboxylic acids is 1. The van der Waals surface area contributed by atoms with E-state index in [-0.39, 0.29) is 5.97 Å². The standard InChI is InChI=1S/C11H15BrN2O2/c1-4-16-11(15)8(3)14-10-9(12)5-7(2)6-13-10/h5-6,8H,4H2,1-3H3,(H,13,14). The van der Waals surface area contributed by atoms with E-state index in [9.17, 15) is 4.79 Å². The molecule has 0 saturated heterocycles. The van der Waals surface area contributed by atoms with Crippen molar-refractivity contribution < 1.29 is 9.53 Å². The Hall–Kier alpha value is -1.10. The monoisotopic (exact) mass is 286 g/mol. The molecule has 0 amide bonds. The van der Waals surface area contributed by atoms with Crippen LogP contribution in [0.3, 0.4) is 0 Å². The van der Waals surface area contributed by atoms with Crippen molar-refractivity contribution >= 4 is 27.7 Å². The molecule has 0 saturated carbocycles. The summed E-state index contributed by atoms with van der Waals surface area (Å²) in [6.07, 6.45) is 1.74. The summed E-state index contributed by atoms with van der Waals surface area (Å²) in [4.78, 5) is 15.6. The Morgan fingerprint density at radius 3 is 2.94 bits per heavy atom. The molecular formula is C11H15BrN2O2. The third-order valence-electron chi connectivity index (χ3n) is 1.97. The zero-order chi connectivity index (χ0) is 12.1. The normalized spacial score (nSPS) is 12.0. The molecule has 0 aliphatic heterocycles. The Labute approximate surface area is 104 Å². The number of hydrogen-bond donors (Lipinski definition) is 1. The maximum absolute atomic E-state index is 11.4. The molecule has 0 fully saturated rings. The number of nitrogens with zero attached hydrogens (tertiary/aromatic N) is 1. The largest absolute Gasteiger partial charge is 0.464 e. The molecule has 0 spiro atoms. The van der Waals surface area contributed by atoms with Gasteiger partial charge < -0.3 is 10.1 Å². The predicted molar refractivity (Wildman–Crippen MR) is 66.4 cm³/mol. The summed E-state index contributed by atoms with van der Waals surface area (Å²) in [5, 5.41) is 2.99. The van der Waals surface area contributed by atoms with Crippen LogP contribution in [-0.2, 0) is 9.53 Å². The van der Waals surface area contributed by atoms with E-state index in [2.05, 4.69) is 26.2 Å². The van der Waals surface area contributed by atoms with E-state index >= 15 is 0 Å². The number of aryl methyl sites for hydroxylation is 1. The summed E-state index contributed by atoms with van der Waals surface area (Å²) in [7, 11) is 0. The first-order valence-corrected chi connectivity index (χ1v) is 5.89. The van der Waals surface area contributed by atoms with Crippen LogP contribution in [-0.4, -0.2) is 23.6 Å². The van der Waals surface area contributed by atoms with Gasteiger partial charge in [0, 0.05) is 6.20 Å². The molecule has 1 aromatic heterocycles. The summed E-state index contributed by atoms with van der Waals surface area (Å²) in [6.45, 7) is 5.86. The van der Waals surface area contributed by atoms with Crippen molar-refractivity contribution in [2.75, 3.05) is 11.9 Å². The first-order valence-electron chi connectivity index (χ1n) is 5.10. The number of esters is 1. The first kappa shape index (κ1) is 13.0. The van der Waals surface area contributed by atoms with Crippen LogP contribution in [0.1, 0.15) is 19.4 Å². The van der Waals surface area contributed by atoms with Gasteiger partial charge in [0.25, 0.3) is 0 Å². The summed E-state index contributed by atoms with van der Waals surface area (Å²) < 4.78 is 5.73. The Morgan fingerprint density at radius 1 is 1.69 bits per heavy atom. The van der Waals surface area contributed by atoms with Crippen LogP contribution < -0.4 is 5.32 Å². The lowest BCUT2D eigenvalue weighted by Gasteiger charge is -2.14. The highest BCUT2D eigenvalue weighted by Gasteiger charge is 2.15. The number of halogens is 1. The highest BCUT2D eigenvalue weighted by molar-refractivity contribution is 9.10. The zero-order valence-corrected chi connectivity index (χ0v) is 11.2. The van der Waals surface area contributed by atoms with Crippen LogP contribution in [0.15, 0.2) is 16.7 Å². The molecule has 0 radical (unpaired) electrons. The molecule has 1 atom stereocenters. The summed E-state index contributed by atoms with van der Waals surface area (Å²) in [5.74, 6) is 0.364. The molecule has 16 heavy (non-hydrogen) atoms. The SMILES string of the molecule is CCOC(=O)C(C)Nc1ncc(C)cc1Br. The minimum Gasteiger partial charge on any atom is -0.464 e. The zero-order valence-electron chi connectivity index (χ0n) is 9.58. The maximum Gasteiger partial charge on any atom is 0.328 e. The Morgan fingerprint density at radius 2 is 2.38 bits per heavy atom. The second-order valence-corrected chi connectivity index (χ2v) is 4.32. The third kappa shape index (κ3) is 3.48. The number of hydrogen-bond acceptors (Lipinski definition) is 4.